The molecule has 0 bridgehead atoms. The summed E-state index contributed by atoms with van der Waals surface area (Å²) >= 11 is 1.51. The van der Waals surface area contributed by atoms with Crippen LogP contribution in [0.5, 0.6) is 0 Å². The number of anilines is 1. The molecule has 0 aliphatic heterocycles. The number of esters is 1. The van der Waals surface area contributed by atoms with E-state index in [4.69, 9.17) is 4.74 Å². The van der Waals surface area contributed by atoms with Gasteiger partial charge in [0.2, 0.25) is 0 Å². The number of carbonyl (C=O) groups is 2. The predicted molar refractivity (Wildman–Crippen MR) is 135 cm³/mol. The van der Waals surface area contributed by atoms with Crippen molar-refractivity contribution in [3.63, 3.8) is 0 Å². The molecule has 3 aromatic carbocycles. The summed E-state index contributed by atoms with van der Waals surface area (Å²) in [6.07, 6.45) is -0.997. The zero-order chi connectivity index (χ0) is 23.7. The molecule has 1 amide bonds. The maximum atomic E-state index is 13.1. The number of nitrogens with one attached hydrogen (secondary N) is 1. The Bertz CT molecular complexity index is 1510. The van der Waals surface area contributed by atoms with Crippen molar-refractivity contribution in [3.05, 3.63) is 90.1 Å². The first-order chi connectivity index (χ1) is 16.5. The van der Waals surface area contributed by atoms with Crippen LogP contribution < -0.4 is 5.32 Å². The molecule has 34 heavy (non-hydrogen) atoms. The van der Waals surface area contributed by atoms with E-state index < -0.39 is 18.0 Å². The number of fused-ring (bicyclic) bond motifs is 2. The summed E-state index contributed by atoms with van der Waals surface area (Å²) in [5, 5.41) is 4.43. The number of aryl methyl sites for hydroxylation is 1. The minimum absolute atomic E-state index is 0.367. The lowest BCUT2D eigenvalue weighted by molar-refractivity contribution is -0.123. The van der Waals surface area contributed by atoms with Gasteiger partial charge in [-0.1, -0.05) is 48.5 Å². The van der Waals surface area contributed by atoms with Crippen LogP contribution >= 0.6 is 11.3 Å². The van der Waals surface area contributed by atoms with Gasteiger partial charge < -0.3 is 10.1 Å². The largest absolute Gasteiger partial charge is 0.449 e. The Labute approximate surface area is 200 Å². The van der Waals surface area contributed by atoms with Crippen LogP contribution in [0.3, 0.4) is 0 Å². The van der Waals surface area contributed by atoms with Crippen LogP contribution in [0, 0.1) is 6.92 Å². The van der Waals surface area contributed by atoms with Crippen LogP contribution in [-0.4, -0.2) is 27.9 Å². The second-order valence-electron chi connectivity index (χ2n) is 7.90. The molecule has 5 rings (SSSR count). The highest BCUT2D eigenvalue weighted by atomic mass is 32.1. The van der Waals surface area contributed by atoms with Gasteiger partial charge in [-0.15, -0.1) is 11.3 Å². The maximum Gasteiger partial charge on any atom is 0.339 e. The van der Waals surface area contributed by atoms with Crippen molar-refractivity contribution in [2.75, 3.05) is 5.32 Å². The molecule has 0 aliphatic rings. The summed E-state index contributed by atoms with van der Waals surface area (Å²) < 4.78 is 6.59. The number of pyridine rings is 1. The Morgan fingerprint density at radius 2 is 1.62 bits per heavy atom. The molecule has 2 aromatic heterocycles. The monoisotopic (exact) mass is 467 g/mol. The van der Waals surface area contributed by atoms with Crippen molar-refractivity contribution < 1.29 is 14.3 Å². The van der Waals surface area contributed by atoms with Crippen LogP contribution in [0.25, 0.3) is 31.7 Å². The zero-order valence-electron chi connectivity index (χ0n) is 18.6. The molecule has 7 heteroatoms. The lowest BCUT2D eigenvalue weighted by atomic mass is 10.1. The third-order valence-electron chi connectivity index (χ3n) is 5.43. The number of hydrogen-bond acceptors (Lipinski definition) is 6. The quantitative estimate of drug-likeness (QED) is 0.321. The maximum absolute atomic E-state index is 13.1. The first-order valence-corrected chi connectivity index (χ1v) is 11.6. The number of para-hydroxylation sites is 2. The van der Waals surface area contributed by atoms with Crippen LogP contribution in [0.2, 0.25) is 0 Å². The minimum atomic E-state index is -0.997. The summed E-state index contributed by atoms with van der Waals surface area (Å²) in [6, 6.07) is 24.3. The van der Waals surface area contributed by atoms with Gasteiger partial charge in [0.25, 0.3) is 5.91 Å². The fourth-order valence-corrected chi connectivity index (χ4v) is 4.76. The van der Waals surface area contributed by atoms with Crippen LogP contribution in [0.15, 0.2) is 78.9 Å². The van der Waals surface area contributed by atoms with E-state index in [0.717, 1.165) is 31.8 Å². The summed E-state index contributed by atoms with van der Waals surface area (Å²) in [5.41, 5.74) is 4.11. The van der Waals surface area contributed by atoms with E-state index in [1.54, 1.807) is 25.1 Å². The molecular formula is C27H21N3O3S. The van der Waals surface area contributed by atoms with Gasteiger partial charge in [0, 0.05) is 16.6 Å². The molecule has 0 spiro atoms. The number of hydrogen-bond donors (Lipinski definition) is 1. The average Bonchev–Trinajstić information content (AvgIpc) is 3.28. The Hall–Kier alpha value is -4.10. The van der Waals surface area contributed by atoms with Crippen molar-refractivity contribution >= 4 is 50.0 Å². The number of benzene rings is 3. The molecule has 1 N–H and O–H groups in total. The predicted octanol–water partition coefficient (Wildman–Crippen LogP) is 6.00. The fraction of sp³-hybridized carbons (Fsp3) is 0.111. The van der Waals surface area contributed by atoms with Gasteiger partial charge in [-0.05, 0) is 44.2 Å². The fourth-order valence-electron chi connectivity index (χ4n) is 3.76. The molecule has 6 nitrogen and oxygen atoms in total. The van der Waals surface area contributed by atoms with E-state index in [-0.39, 0.29) is 0 Å². The normalized spacial score (nSPS) is 11.9. The summed E-state index contributed by atoms with van der Waals surface area (Å²) in [7, 11) is 0. The van der Waals surface area contributed by atoms with Crippen molar-refractivity contribution in [1.29, 1.82) is 0 Å². The summed E-state index contributed by atoms with van der Waals surface area (Å²) in [5.74, 6) is -0.991. The molecule has 0 saturated heterocycles. The topological polar surface area (TPSA) is 81.2 Å². The molecule has 1 atom stereocenters. The van der Waals surface area contributed by atoms with Crippen LogP contribution in [0.4, 0.5) is 5.69 Å². The van der Waals surface area contributed by atoms with Gasteiger partial charge in [0.15, 0.2) is 6.10 Å². The van der Waals surface area contributed by atoms with Gasteiger partial charge >= 0.3 is 5.97 Å². The zero-order valence-corrected chi connectivity index (χ0v) is 19.4. The van der Waals surface area contributed by atoms with Gasteiger partial charge in [0.05, 0.1) is 27.0 Å². The molecule has 2 heterocycles. The highest BCUT2D eigenvalue weighted by Crippen LogP contribution is 2.32. The van der Waals surface area contributed by atoms with E-state index in [1.807, 2.05) is 67.6 Å². The van der Waals surface area contributed by atoms with E-state index in [1.165, 1.54) is 11.3 Å². The Morgan fingerprint density at radius 3 is 2.44 bits per heavy atom. The SMILES string of the molecule is Cc1cc(NC(=O)C(C)OC(=O)c2ccccc2-c2nc3ccccc3s2)c2ccccc2n1. The summed E-state index contributed by atoms with van der Waals surface area (Å²) in [4.78, 5) is 35.1. The first kappa shape index (κ1) is 21.7. The minimum Gasteiger partial charge on any atom is -0.449 e. The van der Waals surface area contributed by atoms with E-state index >= 15 is 0 Å². The first-order valence-electron chi connectivity index (χ1n) is 10.8. The molecule has 5 aromatic rings. The van der Waals surface area contributed by atoms with Crippen molar-refractivity contribution in [1.82, 2.24) is 9.97 Å². The summed E-state index contributed by atoms with van der Waals surface area (Å²) in [6.45, 7) is 3.42. The van der Waals surface area contributed by atoms with E-state index in [0.29, 0.717) is 16.8 Å². The van der Waals surface area contributed by atoms with Crippen LogP contribution in [-0.2, 0) is 9.53 Å². The van der Waals surface area contributed by atoms with Crippen molar-refractivity contribution in [2.45, 2.75) is 20.0 Å². The lowest BCUT2D eigenvalue weighted by Crippen LogP contribution is -2.30. The molecule has 0 aliphatic carbocycles. The van der Waals surface area contributed by atoms with E-state index in [9.17, 15) is 9.59 Å². The second kappa shape index (κ2) is 9.03. The number of ether oxygens (including phenoxy) is 1. The molecule has 0 saturated carbocycles. The third kappa shape index (κ3) is 4.25. The molecule has 0 fully saturated rings. The van der Waals surface area contributed by atoms with Crippen molar-refractivity contribution in [3.8, 4) is 10.6 Å². The standard InChI is InChI=1S/C27H21N3O3S/c1-16-15-23(20-11-5-6-12-21(20)28-16)29-25(31)17(2)33-27(32)19-10-4-3-9-18(19)26-30-22-13-7-8-14-24(22)34-26/h3-15,17H,1-2H3,(H,28,29,31). The highest BCUT2D eigenvalue weighted by molar-refractivity contribution is 7.21. The molecule has 168 valence electrons. The number of carbonyl (C=O) groups excluding carboxylic acids is 2. The van der Waals surface area contributed by atoms with Gasteiger partial charge in [-0.3, -0.25) is 9.78 Å². The third-order valence-corrected chi connectivity index (χ3v) is 6.50. The number of aromatic nitrogens is 2. The van der Waals surface area contributed by atoms with Gasteiger partial charge in [0.1, 0.15) is 5.01 Å². The lowest BCUT2D eigenvalue weighted by Gasteiger charge is -2.16. The van der Waals surface area contributed by atoms with Gasteiger partial charge in [-0.2, -0.15) is 0 Å². The second-order valence-corrected chi connectivity index (χ2v) is 8.93. The number of nitrogens with zero attached hydrogens (tertiary/aromatic N) is 2. The highest BCUT2D eigenvalue weighted by Gasteiger charge is 2.23. The van der Waals surface area contributed by atoms with Crippen molar-refractivity contribution in [2.24, 2.45) is 0 Å². The number of thiazole rings is 1. The van der Waals surface area contributed by atoms with E-state index in [2.05, 4.69) is 15.3 Å². The molecule has 0 radical (unpaired) electrons. The molecule has 1 unspecified atom stereocenters. The average molecular weight is 468 g/mol. The number of rotatable bonds is 5. The molecular weight excluding hydrogens is 446 g/mol. The Balaban J connectivity index is 1.37. The smallest absolute Gasteiger partial charge is 0.339 e. The Morgan fingerprint density at radius 1 is 0.912 bits per heavy atom. The van der Waals surface area contributed by atoms with Gasteiger partial charge in [-0.25, -0.2) is 9.78 Å². The number of amides is 1. The van der Waals surface area contributed by atoms with Crippen LogP contribution in [0.1, 0.15) is 23.0 Å². The Kier molecular flexibility index (Phi) is 5.77.